The fraction of sp³-hybridized carbons (Fsp3) is 0.353. The fourth-order valence-electron chi connectivity index (χ4n) is 1.73. The lowest BCUT2D eigenvalue weighted by atomic mass is 10.1. The Hall–Kier alpha value is -1.58. The van der Waals surface area contributed by atoms with Crippen LogP contribution in [-0.4, -0.2) is 10.5 Å². The van der Waals surface area contributed by atoms with Crippen molar-refractivity contribution < 1.29 is 4.74 Å². The van der Waals surface area contributed by atoms with Gasteiger partial charge in [-0.25, -0.2) is 0 Å². The quantitative estimate of drug-likeness (QED) is 0.899. The first-order valence-electron chi connectivity index (χ1n) is 7.00. The van der Waals surface area contributed by atoms with Crippen LogP contribution in [0.5, 0.6) is 5.75 Å². The van der Waals surface area contributed by atoms with Crippen molar-refractivity contribution in [3.8, 4) is 5.75 Å². The number of nitrogens with zero attached hydrogens (tertiary/aromatic N) is 1. The highest BCUT2D eigenvalue weighted by Crippen LogP contribution is 2.23. The molecule has 2 aromatic rings. The van der Waals surface area contributed by atoms with Crippen LogP contribution in [-0.2, 0) is 13.2 Å². The molecule has 0 atom stereocenters. The van der Waals surface area contributed by atoms with E-state index in [9.17, 15) is 0 Å². The standard InChI is InChI=1S/C17H21ClN2O/c1-17(2,3)20-11-13-8-9-14(19-10-13)12-21-16-7-5-4-6-15(16)18/h4-10,20H,11-12H2,1-3H3. The van der Waals surface area contributed by atoms with E-state index in [0.717, 1.165) is 17.8 Å². The molecule has 0 bridgehead atoms. The molecule has 0 radical (unpaired) electrons. The lowest BCUT2D eigenvalue weighted by molar-refractivity contribution is 0.301. The summed E-state index contributed by atoms with van der Waals surface area (Å²) in [7, 11) is 0. The van der Waals surface area contributed by atoms with Crippen LogP contribution in [0.15, 0.2) is 42.6 Å². The van der Waals surface area contributed by atoms with E-state index >= 15 is 0 Å². The van der Waals surface area contributed by atoms with Gasteiger partial charge in [0.05, 0.1) is 10.7 Å². The van der Waals surface area contributed by atoms with Crippen molar-refractivity contribution in [2.45, 2.75) is 39.5 Å². The average Bonchev–Trinajstić information content (AvgIpc) is 2.45. The Morgan fingerprint density at radius 3 is 2.52 bits per heavy atom. The molecule has 0 saturated heterocycles. The fourth-order valence-corrected chi connectivity index (χ4v) is 1.92. The summed E-state index contributed by atoms with van der Waals surface area (Å²) in [6.07, 6.45) is 1.88. The second-order valence-electron chi connectivity index (χ2n) is 5.98. The van der Waals surface area contributed by atoms with Crippen LogP contribution in [0.2, 0.25) is 5.02 Å². The molecule has 0 amide bonds. The smallest absolute Gasteiger partial charge is 0.138 e. The number of hydrogen-bond acceptors (Lipinski definition) is 3. The summed E-state index contributed by atoms with van der Waals surface area (Å²) in [6.45, 7) is 7.66. The molecule has 112 valence electrons. The van der Waals surface area contributed by atoms with Crippen LogP contribution >= 0.6 is 11.6 Å². The highest BCUT2D eigenvalue weighted by Gasteiger charge is 2.08. The Morgan fingerprint density at radius 1 is 1.14 bits per heavy atom. The van der Waals surface area contributed by atoms with Crippen LogP contribution in [0.3, 0.4) is 0 Å². The van der Waals surface area contributed by atoms with Crippen molar-refractivity contribution in [3.63, 3.8) is 0 Å². The largest absolute Gasteiger partial charge is 0.486 e. The van der Waals surface area contributed by atoms with Gasteiger partial charge in [0.1, 0.15) is 12.4 Å². The average molecular weight is 305 g/mol. The minimum absolute atomic E-state index is 0.103. The third-order valence-corrected chi connectivity index (χ3v) is 3.23. The highest BCUT2D eigenvalue weighted by molar-refractivity contribution is 6.32. The van der Waals surface area contributed by atoms with E-state index in [1.807, 2.05) is 36.5 Å². The molecular weight excluding hydrogens is 284 g/mol. The van der Waals surface area contributed by atoms with Crippen LogP contribution in [0, 0.1) is 0 Å². The summed E-state index contributed by atoms with van der Waals surface area (Å²) in [4.78, 5) is 4.42. The zero-order valence-corrected chi connectivity index (χ0v) is 13.4. The Kier molecular flexibility index (Phi) is 5.21. The molecule has 0 aliphatic heterocycles. The van der Waals surface area contributed by atoms with Crippen molar-refractivity contribution >= 4 is 11.6 Å². The predicted octanol–water partition coefficient (Wildman–Crippen LogP) is 4.20. The van der Waals surface area contributed by atoms with Gasteiger partial charge in [-0.2, -0.15) is 0 Å². The molecule has 0 fully saturated rings. The lowest BCUT2D eigenvalue weighted by Crippen LogP contribution is -2.35. The number of halogens is 1. The van der Waals surface area contributed by atoms with Gasteiger partial charge in [-0.05, 0) is 44.5 Å². The van der Waals surface area contributed by atoms with Crippen LogP contribution in [0.1, 0.15) is 32.0 Å². The third kappa shape index (κ3) is 5.37. The number of benzene rings is 1. The molecule has 0 aliphatic carbocycles. The van der Waals surface area contributed by atoms with Crippen molar-refractivity contribution in [1.29, 1.82) is 0 Å². The van der Waals surface area contributed by atoms with E-state index in [2.05, 4.69) is 37.1 Å². The Labute approximate surface area is 131 Å². The van der Waals surface area contributed by atoms with Gasteiger partial charge in [0, 0.05) is 18.3 Å². The van der Waals surface area contributed by atoms with Crippen molar-refractivity contribution in [3.05, 3.63) is 58.9 Å². The second kappa shape index (κ2) is 6.92. The highest BCUT2D eigenvalue weighted by atomic mass is 35.5. The normalized spacial score (nSPS) is 11.4. The molecule has 1 N–H and O–H groups in total. The molecule has 0 saturated carbocycles. The van der Waals surface area contributed by atoms with E-state index in [1.54, 1.807) is 0 Å². The van der Waals surface area contributed by atoms with Gasteiger partial charge in [-0.15, -0.1) is 0 Å². The summed E-state index contributed by atoms with van der Waals surface area (Å²) in [5.41, 5.74) is 2.15. The zero-order chi connectivity index (χ0) is 15.3. The summed E-state index contributed by atoms with van der Waals surface area (Å²) in [5, 5.41) is 4.05. The number of pyridine rings is 1. The van der Waals surface area contributed by atoms with Crippen LogP contribution < -0.4 is 10.1 Å². The second-order valence-corrected chi connectivity index (χ2v) is 6.39. The molecule has 1 heterocycles. The van der Waals surface area contributed by atoms with Crippen molar-refractivity contribution in [2.24, 2.45) is 0 Å². The number of para-hydroxylation sites is 1. The summed E-state index contributed by atoms with van der Waals surface area (Å²) >= 11 is 6.05. The van der Waals surface area contributed by atoms with E-state index in [4.69, 9.17) is 16.3 Å². The number of ether oxygens (including phenoxy) is 1. The molecule has 1 aromatic carbocycles. The molecular formula is C17H21ClN2O. The van der Waals surface area contributed by atoms with Gasteiger partial charge in [0.15, 0.2) is 0 Å². The molecule has 4 heteroatoms. The first kappa shape index (κ1) is 15.8. The van der Waals surface area contributed by atoms with Gasteiger partial charge in [-0.1, -0.05) is 29.8 Å². The monoisotopic (exact) mass is 304 g/mol. The Bertz CT molecular complexity index is 576. The molecule has 3 nitrogen and oxygen atoms in total. The van der Waals surface area contributed by atoms with Crippen LogP contribution in [0.25, 0.3) is 0 Å². The maximum absolute atomic E-state index is 6.05. The molecule has 1 aromatic heterocycles. The molecule has 0 unspecified atom stereocenters. The molecule has 2 rings (SSSR count). The van der Waals surface area contributed by atoms with E-state index < -0.39 is 0 Å². The maximum Gasteiger partial charge on any atom is 0.138 e. The SMILES string of the molecule is CC(C)(C)NCc1ccc(COc2ccccc2Cl)nc1. The Balaban J connectivity index is 1.89. The third-order valence-electron chi connectivity index (χ3n) is 2.92. The van der Waals surface area contributed by atoms with Crippen molar-refractivity contribution in [1.82, 2.24) is 10.3 Å². The van der Waals surface area contributed by atoms with Gasteiger partial charge in [-0.3, -0.25) is 4.98 Å². The Morgan fingerprint density at radius 2 is 1.90 bits per heavy atom. The summed E-state index contributed by atoms with van der Waals surface area (Å²) in [6, 6.07) is 11.5. The van der Waals surface area contributed by atoms with Gasteiger partial charge in [0.25, 0.3) is 0 Å². The van der Waals surface area contributed by atoms with Gasteiger partial charge >= 0.3 is 0 Å². The summed E-state index contributed by atoms with van der Waals surface area (Å²) in [5.74, 6) is 0.680. The molecule has 0 spiro atoms. The molecule has 21 heavy (non-hydrogen) atoms. The number of aromatic nitrogens is 1. The number of hydrogen-bond donors (Lipinski definition) is 1. The van der Waals surface area contributed by atoms with Gasteiger partial charge in [0.2, 0.25) is 0 Å². The minimum Gasteiger partial charge on any atom is -0.486 e. The van der Waals surface area contributed by atoms with Crippen LogP contribution in [0.4, 0.5) is 0 Å². The summed E-state index contributed by atoms with van der Waals surface area (Å²) < 4.78 is 5.67. The predicted molar refractivity (Wildman–Crippen MR) is 86.6 cm³/mol. The van der Waals surface area contributed by atoms with E-state index in [0.29, 0.717) is 17.4 Å². The number of nitrogens with one attached hydrogen (secondary N) is 1. The lowest BCUT2D eigenvalue weighted by Gasteiger charge is -2.20. The van der Waals surface area contributed by atoms with Gasteiger partial charge < -0.3 is 10.1 Å². The number of rotatable bonds is 5. The minimum atomic E-state index is 0.103. The topological polar surface area (TPSA) is 34.1 Å². The molecule has 0 aliphatic rings. The first-order chi connectivity index (χ1) is 9.94. The van der Waals surface area contributed by atoms with E-state index in [1.165, 1.54) is 0 Å². The van der Waals surface area contributed by atoms with E-state index in [-0.39, 0.29) is 5.54 Å². The zero-order valence-electron chi connectivity index (χ0n) is 12.7. The first-order valence-corrected chi connectivity index (χ1v) is 7.38. The maximum atomic E-state index is 6.05. The van der Waals surface area contributed by atoms with Crippen molar-refractivity contribution in [2.75, 3.05) is 0 Å².